The van der Waals surface area contributed by atoms with Crippen molar-refractivity contribution in [3.05, 3.63) is 34.3 Å². The molecule has 1 heteroatoms. The predicted molar refractivity (Wildman–Crippen MR) is 71.2 cm³/mol. The molecule has 1 aromatic carbocycles. The fourth-order valence-corrected chi connectivity index (χ4v) is 2.46. The van der Waals surface area contributed by atoms with Gasteiger partial charge in [0.05, 0.1) is 0 Å². The molecule has 0 nitrogen and oxygen atoms in total. The van der Waals surface area contributed by atoms with E-state index in [9.17, 15) is 0 Å². The Morgan fingerprint density at radius 2 is 1.80 bits per heavy atom. The molecule has 1 rings (SSSR count). The summed E-state index contributed by atoms with van der Waals surface area (Å²) in [6.45, 7) is 9.22. The van der Waals surface area contributed by atoms with E-state index in [1.54, 1.807) is 0 Å². The smallest absolute Gasteiger partial charge is 0.0178 e. The molecule has 0 aliphatic rings. The molecule has 0 N–H and O–H groups in total. The van der Waals surface area contributed by atoms with E-state index in [2.05, 4.69) is 67.9 Å². The van der Waals surface area contributed by atoms with Crippen LogP contribution in [0.25, 0.3) is 0 Å². The zero-order chi connectivity index (χ0) is 11.4. The van der Waals surface area contributed by atoms with E-state index < -0.39 is 0 Å². The van der Waals surface area contributed by atoms with Gasteiger partial charge in [0.2, 0.25) is 0 Å². The highest BCUT2D eigenvalue weighted by Gasteiger charge is 2.17. The Morgan fingerprint density at radius 3 is 2.27 bits per heavy atom. The number of hydrogen-bond acceptors (Lipinski definition) is 0. The Kier molecular flexibility index (Phi) is 4.85. The fourth-order valence-electron chi connectivity index (χ4n) is 2.04. The van der Waals surface area contributed by atoms with Crippen molar-refractivity contribution in [1.29, 1.82) is 0 Å². The van der Waals surface area contributed by atoms with Crippen LogP contribution in [0.4, 0.5) is 0 Å². The molecule has 0 radical (unpaired) electrons. The maximum absolute atomic E-state index is 3.55. The van der Waals surface area contributed by atoms with E-state index in [4.69, 9.17) is 0 Å². The first kappa shape index (κ1) is 12.8. The van der Waals surface area contributed by atoms with Crippen molar-refractivity contribution in [3.63, 3.8) is 0 Å². The van der Waals surface area contributed by atoms with Gasteiger partial charge in [-0.3, -0.25) is 0 Å². The van der Waals surface area contributed by atoms with Gasteiger partial charge in [-0.05, 0) is 41.9 Å². The molecule has 0 aromatic heterocycles. The quantitative estimate of drug-likeness (QED) is 0.701. The van der Waals surface area contributed by atoms with Crippen molar-refractivity contribution in [1.82, 2.24) is 0 Å². The standard InChI is InChI=1S/C14H21Br/c1-10(2)8-14(11(3)4)12-6-5-7-13(15)9-12/h5-7,9-11,14H,8H2,1-4H3. The minimum atomic E-state index is 0.683. The molecule has 15 heavy (non-hydrogen) atoms. The number of halogens is 1. The average molecular weight is 269 g/mol. The molecule has 84 valence electrons. The third-order valence-corrected chi connectivity index (χ3v) is 3.30. The summed E-state index contributed by atoms with van der Waals surface area (Å²) >= 11 is 3.55. The van der Waals surface area contributed by atoms with Gasteiger partial charge in [0.1, 0.15) is 0 Å². The molecule has 0 aliphatic heterocycles. The van der Waals surface area contributed by atoms with Crippen molar-refractivity contribution in [3.8, 4) is 0 Å². The highest BCUT2D eigenvalue weighted by Crippen LogP contribution is 2.32. The molecule has 0 aliphatic carbocycles. The molecule has 0 fully saturated rings. The van der Waals surface area contributed by atoms with E-state index in [0.717, 1.165) is 5.92 Å². The lowest BCUT2D eigenvalue weighted by Crippen LogP contribution is -2.09. The van der Waals surface area contributed by atoms with Crippen molar-refractivity contribution in [2.75, 3.05) is 0 Å². The summed E-state index contributed by atoms with van der Waals surface area (Å²) in [6.07, 6.45) is 1.27. The van der Waals surface area contributed by atoms with Crippen LogP contribution >= 0.6 is 15.9 Å². The molecular formula is C14H21Br. The van der Waals surface area contributed by atoms with Gasteiger partial charge < -0.3 is 0 Å². The summed E-state index contributed by atoms with van der Waals surface area (Å²) in [7, 11) is 0. The Hall–Kier alpha value is -0.300. The first-order chi connectivity index (χ1) is 7.00. The SMILES string of the molecule is CC(C)CC(c1cccc(Br)c1)C(C)C. The lowest BCUT2D eigenvalue weighted by Gasteiger charge is -2.23. The second kappa shape index (κ2) is 5.69. The first-order valence-electron chi connectivity index (χ1n) is 5.76. The second-order valence-corrected chi connectivity index (χ2v) is 5.95. The molecule has 0 saturated heterocycles. The van der Waals surface area contributed by atoms with Crippen LogP contribution < -0.4 is 0 Å². The van der Waals surface area contributed by atoms with Crippen molar-refractivity contribution < 1.29 is 0 Å². The third kappa shape index (κ3) is 3.98. The summed E-state index contributed by atoms with van der Waals surface area (Å²) in [5.41, 5.74) is 1.47. The maximum Gasteiger partial charge on any atom is 0.0178 e. The summed E-state index contributed by atoms with van der Waals surface area (Å²) in [4.78, 5) is 0. The second-order valence-electron chi connectivity index (χ2n) is 5.04. The van der Waals surface area contributed by atoms with Gasteiger partial charge in [-0.25, -0.2) is 0 Å². The van der Waals surface area contributed by atoms with Gasteiger partial charge in [0.15, 0.2) is 0 Å². The van der Waals surface area contributed by atoms with Crippen LogP contribution in [-0.4, -0.2) is 0 Å². The van der Waals surface area contributed by atoms with Gasteiger partial charge in [0, 0.05) is 4.47 Å². The Balaban J connectivity index is 2.88. The number of benzene rings is 1. The molecule has 0 bridgehead atoms. The summed E-state index contributed by atoms with van der Waals surface area (Å²) in [6, 6.07) is 8.73. The van der Waals surface area contributed by atoms with Crippen LogP contribution in [-0.2, 0) is 0 Å². The molecule has 1 aromatic rings. The fraction of sp³-hybridized carbons (Fsp3) is 0.571. The number of rotatable bonds is 4. The van der Waals surface area contributed by atoms with Crippen molar-refractivity contribution in [2.45, 2.75) is 40.0 Å². The van der Waals surface area contributed by atoms with Gasteiger partial charge in [-0.2, -0.15) is 0 Å². The van der Waals surface area contributed by atoms with E-state index in [-0.39, 0.29) is 0 Å². The maximum atomic E-state index is 3.55. The van der Waals surface area contributed by atoms with Crippen LogP contribution in [0.15, 0.2) is 28.7 Å². The Labute approximate surface area is 102 Å². The zero-order valence-corrected chi connectivity index (χ0v) is 11.7. The minimum Gasteiger partial charge on any atom is -0.0628 e. The number of hydrogen-bond donors (Lipinski definition) is 0. The topological polar surface area (TPSA) is 0 Å². The minimum absolute atomic E-state index is 0.683. The van der Waals surface area contributed by atoms with Crippen LogP contribution in [0.2, 0.25) is 0 Å². The van der Waals surface area contributed by atoms with Gasteiger partial charge >= 0.3 is 0 Å². The van der Waals surface area contributed by atoms with Crippen LogP contribution in [0.1, 0.15) is 45.6 Å². The molecule has 0 heterocycles. The van der Waals surface area contributed by atoms with E-state index >= 15 is 0 Å². The Morgan fingerprint density at radius 1 is 1.13 bits per heavy atom. The monoisotopic (exact) mass is 268 g/mol. The lowest BCUT2D eigenvalue weighted by atomic mass is 9.82. The molecule has 0 spiro atoms. The van der Waals surface area contributed by atoms with E-state index in [1.807, 2.05) is 0 Å². The lowest BCUT2D eigenvalue weighted by molar-refractivity contribution is 0.408. The largest absolute Gasteiger partial charge is 0.0628 e. The van der Waals surface area contributed by atoms with Crippen LogP contribution in [0.5, 0.6) is 0 Å². The molecular weight excluding hydrogens is 248 g/mol. The summed E-state index contributed by atoms with van der Waals surface area (Å²) < 4.78 is 1.19. The van der Waals surface area contributed by atoms with Crippen molar-refractivity contribution in [2.24, 2.45) is 11.8 Å². The van der Waals surface area contributed by atoms with Gasteiger partial charge in [-0.15, -0.1) is 0 Å². The normalized spacial score (nSPS) is 13.5. The van der Waals surface area contributed by atoms with Crippen molar-refractivity contribution >= 4 is 15.9 Å². The van der Waals surface area contributed by atoms with E-state index in [1.165, 1.54) is 16.5 Å². The Bertz CT molecular complexity index is 302. The molecule has 0 saturated carbocycles. The average Bonchev–Trinajstić information content (AvgIpc) is 2.13. The van der Waals surface area contributed by atoms with Gasteiger partial charge in [-0.1, -0.05) is 55.8 Å². The van der Waals surface area contributed by atoms with Gasteiger partial charge in [0.25, 0.3) is 0 Å². The zero-order valence-electron chi connectivity index (χ0n) is 10.1. The van der Waals surface area contributed by atoms with Crippen LogP contribution in [0, 0.1) is 11.8 Å². The highest BCUT2D eigenvalue weighted by molar-refractivity contribution is 9.10. The molecule has 1 atom stereocenters. The molecule has 1 unspecified atom stereocenters. The summed E-state index contributed by atoms with van der Waals surface area (Å²) in [5.74, 6) is 2.15. The predicted octanol–water partition coefficient (Wildman–Crippen LogP) is 5.23. The van der Waals surface area contributed by atoms with Crippen LogP contribution in [0.3, 0.4) is 0 Å². The molecule has 0 amide bonds. The third-order valence-electron chi connectivity index (χ3n) is 2.81. The summed E-state index contributed by atoms with van der Waals surface area (Å²) in [5, 5.41) is 0. The first-order valence-corrected chi connectivity index (χ1v) is 6.55. The van der Waals surface area contributed by atoms with E-state index in [0.29, 0.717) is 11.8 Å². The highest BCUT2D eigenvalue weighted by atomic mass is 79.9.